The van der Waals surface area contributed by atoms with Gasteiger partial charge in [-0.1, -0.05) is 41.6 Å². The minimum absolute atomic E-state index is 0.808. The number of fused-ring (bicyclic) bond motifs is 2. The van der Waals surface area contributed by atoms with E-state index in [1.807, 2.05) is 12.3 Å². The Morgan fingerprint density at radius 2 is 1.72 bits per heavy atom. The second-order valence-corrected chi connectivity index (χ2v) is 5.75. The first-order valence-electron chi connectivity index (χ1n) is 5.75. The maximum Gasteiger partial charge on any atom is 0.233 e. The molecule has 2 heterocycles. The summed E-state index contributed by atoms with van der Waals surface area (Å²) in [7, 11) is 0. The van der Waals surface area contributed by atoms with E-state index in [4.69, 9.17) is 11.6 Å². The molecule has 0 fully saturated rings. The van der Waals surface area contributed by atoms with Crippen molar-refractivity contribution in [3.8, 4) is 5.69 Å². The summed E-state index contributed by atoms with van der Waals surface area (Å²) in [6.07, 6.45) is 2.05. The zero-order valence-electron chi connectivity index (χ0n) is 9.43. The molecule has 0 N–H and O–H groups in total. The maximum absolute atomic E-state index is 6.29. The van der Waals surface area contributed by atoms with Crippen LogP contribution in [0.3, 0.4) is 0 Å². The van der Waals surface area contributed by atoms with Crippen LogP contribution in [0.4, 0.5) is 0 Å². The van der Waals surface area contributed by atoms with E-state index < -0.39 is 0 Å². The van der Waals surface area contributed by atoms with Crippen LogP contribution in [0, 0.1) is 0 Å². The van der Waals surface area contributed by atoms with Gasteiger partial charge in [0.15, 0.2) is 6.20 Å². The molecule has 0 radical (unpaired) electrons. The molecule has 1 aliphatic heterocycles. The average molecular weight is 271 g/mol. The normalized spacial score (nSPS) is 12.5. The summed E-state index contributed by atoms with van der Waals surface area (Å²) in [6.45, 7) is 0. The Morgan fingerprint density at radius 1 is 0.889 bits per heavy atom. The minimum atomic E-state index is 0.808. The van der Waals surface area contributed by atoms with Gasteiger partial charge in [-0.2, -0.15) is 4.57 Å². The highest BCUT2D eigenvalue weighted by atomic mass is 35.5. The standard InChI is InChI=1S/C15H9ClNS/c16-11-8-9-17-12-5-1-2-6-13(12)18-14-7-3-4-10(11)15(14)17/h1-9H/q+1. The Morgan fingerprint density at radius 3 is 2.67 bits per heavy atom. The molecule has 1 nitrogen and oxygen atoms in total. The predicted octanol–water partition coefficient (Wildman–Crippen LogP) is 4.23. The van der Waals surface area contributed by atoms with Gasteiger partial charge in [-0.3, -0.25) is 0 Å². The summed E-state index contributed by atoms with van der Waals surface area (Å²) in [5, 5.41) is 1.92. The fourth-order valence-electron chi connectivity index (χ4n) is 2.41. The van der Waals surface area contributed by atoms with Gasteiger partial charge >= 0.3 is 0 Å². The highest BCUT2D eigenvalue weighted by molar-refractivity contribution is 7.99. The first kappa shape index (κ1) is 10.4. The summed E-state index contributed by atoms with van der Waals surface area (Å²) in [6, 6.07) is 16.7. The first-order valence-corrected chi connectivity index (χ1v) is 6.94. The summed E-state index contributed by atoms with van der Waals surface area (Å²) in [5.41, 5.74) is 2.43. The molecule has 0 saturated heterocycles. The number of halogens is 1. The number of hydrogen-bond donors (Lipinski definition) is 0. The van der Waals surface area contributed by atoms with Crippen molar-refractivity contribution in [1.29, 1.82) is 0 Å². The Kier molecular flexibility index (Phi) is 2.16. The Balaban J connectivity index is 2.22. The van der Waals surface area contributed by atoms with Crippen LogP contribution in [0.15, 0.2) is 64.5 Å². The van der Waals surface area contributed by atoms with Gasteiger partial charge in [-0.05, 0) is 18.2 Å². The van der Waals surface area contributed by atoms with Crippen LogP contribution in [-0.4, -0.2) is 0 Å². The molecule has 2 aromatic carbocycles. The number of hydrogen-bond acceptors (Lipinski definition) is 1. The third-order valence-electron chi connectivity index (χ3n) is 3.21. The lowest BCUT2D eigenvalue weighted by atomic mass is 10.2. The van der Waals surface area contributed by atoms with Crippen LogP contribution < -0.4 is 4.57 Å². The van der Waals surface area contributed by atoms with Crippen LogP contribution in [-0.2, 0) is 0 Å². The molecule has 3 heteroatoms. The van der Waals surface area contributed by atoms with Crippen molar-refractivity contribution in [2.45, 2.75) is 9.79 Å². The molecule has 0 aliphatic carbocycles. The number of para-hydroxylation sites is 2. The SMILES string of the molecule is Clc1cc[n+]2c3c(cccc13)Sc1ccccc1-2. The number of rotatable bonds is 0. The first-order chi connectivity index (χ1) is 8.84. The van der Waals surface area contributed by atoms with Crippen LogP contribution in [0.2, 0.25) is 5.02 Å². The Labute approximate surface area is 114 Å². The molecule has 3 aromatic rings. The molecule has 86 valence electrons. The van der Waals surface area contributed by atoms with E-state index in [9.17, 15) is 0 Å². The second kappa shape index (κ2) is 3.74. The zero-order valence-corrected chi connectivity index (χ0v) is 11.0. The van der Waals surface area contributed by atoms with Gasteiger partial charge in [0, 0.05) is 12.1 Å². The van der Waals surface area contributed by atoms with E-state index >= 15 is 0 Å². The number of aromatic nitrogens is 1. The highest BCUT2D eigenvalue weighted by Gasteiger charge is 2.26. The van der Waals surface area contributed by atoms with Crippen LogP contribution in [0.25, 0.3) is 16.6 Å². The number of benzene rings is 2. The lowest BCUT2D eigenvalue weighted by molar-refractivity contribution is -0.571. The lowest BCUT2D eigenvalue weighted by Crippen LogP contribution is -2.34. The molecule has 0 atom stereocenters. The van der Waals surface area contributed by atoms with Crippen LogP contribution in [0.5, 0.6) is 0 Å². The molecular formula is C15H9ClNS+. The molecule has 0 amide bonds. The lowest BCUT2D eigenvalue weighted by Gasteiger charge is -2.13. The molecule has 0 unspecified atom stereocenters. The van der Waals surface area contributed by atoms with Crippen molar-refractivity contribution in [1.82, 2.24) is 0 Å². The van der Waals surface area contributed by atoms with Crippen molar-refractivity contribution >= 4 is 34.3 Å². The molecule has 4 rings (SSSR count). The van der Waals surface area contributed by atoms with E-state index in [0.717, 1.165) is 10.4 Å². The van der Waals surface area contributed by atoms with Gasteiger partial charge in [-0.15, -0.1) is 0 Å². The van der Waals surface area contributed by atoms with Crippen LogP contribution in [0.1, 0.15) is 0 Å². The largest absolute Gasteiger partial charge is 0.233 e. The third kappa shape index (κ3) is 1.33. The highest BCUT2D eigenvalue weighted by Crippen LogP contribution is 2.39. The summed E-state index contributed by atoms with van der Waals surface area (Å²) in [5.74, 6) is 0. The summed E-state index contributed by atoms with van der Waals surface area (Å²) in [4.78, 5) is 2.54. The van der Waals surface area contributed by atoms with E-state index in [1.165, 1.54) is 21.0 Å². The van der Waals surface area contributed by atoms with Crippen molar-refractivity contribution in [3.05, 3.63) is 59.8 Å². The van der Waals surface area contributed by atoms with Gasteiger partial charge in [-0.25, -0.2) is 0 Å². The molecule has 1 aromatic heterocycles. The topological polar surface area (TPSA) is 3.88 Å². The van der Waals surface area contributed by atoms with Crippen molar-refractivity contribution in [3.63, 3.8) is 0 Å². The van der Waals surface area contributed by atoms with E-state index in [0.29, 0.717) is 0 Å². The minimum Gasteiger partial charge on any atom is -0.158 e. The Bertz CT molecular complexity index is 783. The quantitative estimate of drug-likeness (QED) is 0.432. The monoisotopic (exact) mass is 270 g/mol. The van der Waals surface area contributed by atoms with Gasteiger partial charge in [0.05, 0.1) is 20.2 Å². The van der Waals surface area contributed by atoms with Crippen molar-refractivity contribution in [2.24, 2.45) is 0 Å². The second-order valence-electron chi connectivity index (χ2n) is 4.26. The molecule has 1 aliphatic rings. The predicted molar refractivity (Wildman–Crippen MR) is 74.6 cm³/mol. The van der Waals surface area contributed by atoms with Crippen LogP contribution >= 0.6 is 23.4 Å². The van der Waals surface area contributed by atoms with Gasteiger partial charge in [0.25, 0.3) is 0 Å². The van der Waals surface area contributed by atoms with Gasteiger partial charge in [0.2, 0.25) is 11.2 Å². The van der Waals surface area contributed by atoms with Gasteiger partial charge in [0.1, 0.15) is 0 Å². The fourth-order valence-corrected chi connectivity index (χ4v) is 3.73. The molecular weight excluding hydrogens is 262 g/mol. The van der Waals surface area contributed by atoms with Crippen molar-refractivity contribution in [2.75, 3.05) is 0 Å². The molecule has 0 saturated carbocycles. The van der Waals surface area contributed by atoms with Crippen molar-refractivity contribution < 1.29 is 4.57 Å². The number of pyridine rings is 1. The average Bonchev–Trinajstić information content (AvgIpc) is 2.42. The smallest absolute Gasteiger partial charge is 0.158 e. The fraction of sp³-hybridized carbons (Fsp3) is 0. The van der Waals surface area contributed by atoms with Gasteiger partial charge < -0.3 is 0 Å². The van der Waals surface area contributed by atoms with E-state index in [-0.39, 0.29) is 0 Å². The molecule has 0 bridgehead atoms. The zero-order chi connectivity index (χ0) is 12.1. The molecule has 18 heavy (non-hydrogen) atoms. The Hall–Kier alpha value is -1.51. The summed E-state index contributed by atoms with van der Waals surface area (Å²) >= 11 is 8.09. The van der Waals surface area contributed by atoms with E-state index in [1.54, 1.807) is 11.8 Å². The maximum atomic E-state index is 6.29. The van der Waals surface area contributed by atoms with E-state index in [2.05, 4.69) is 47.0 Å². The molecule has 0 spiro atoms. The summed E-state index contributed by atoms with van der Waals surface area (Å²) < 4.78 is 2.22. The third-order valence-corrected chi connectivity index (χ3v) is 4.66. The number of nitrogens with zero attached hydrogens (tertiary/aromatic N) is 1.